The Morgan fingerprint density at radius 3 is 2.31 bits per heavy atom. The van der Waals surface area contributed by atoms with E-state index in [1.807, 2.05) is 11.8 Å². The molecule has 0 aliphatic heterocycles. The first-order chi connectivity index (χ1) is 7.74. The lowest BCUT2D eigenvalue weighted by molar-refractivity contribution is 0.563. The molecule has 0 radical (unpaired) electrons. The van der Waals surface area contributed by atoms with E-state index in [1.54, 1.807) is 0 Å². The third kappa shape index (κ3) is 2.03. The van der Waals surface area contributed by atoms with Gasteiger partial charge in [-0.15, -0.1) is 11.8 Å². The van der Waals surface area contributed by atoms with Crippen LogP contribution in [-0.4, -0.2) is 10.8 Å². The van der Waals surface area contributed by atoms with Crippen molar-refractivity contribution >= 4 is 11.8 Å². The van der Waals surface area contributed by atoms with Crippen LogP contribution in [0.2, 0.25) is 0 Å². The highest BCUT2D eigenvalue weighted by Gasteiger charge is 2.11. The fraction of sp³-hybridized carbons (Fsp3) is 0.286. The monoisotopic (exact) mass is 231 g/mol. The molecule has 16 heavy (non-hydrogen) atoms. The van der Waals surface area contributed by atoms with Crippen molar-refractivity contribution < 1.29 is 0 Å². The molecule has 0 fully saturated rings. The summed E-state index contributed by atoms with van der Waals surface area (Å²) < 4.78 is 2.33. The van der Waals surface area contributed by atoms with E-state index in [1.165, 1.54) is 16.2 Å². The summed E-state index contributed by atoms with van der Waals surface area (Å²) in [6.45, 7) is 4.43. The predicted octanol–water partition coefficient (Wildman–Crippen LogP) is 4.46. The lowest BCUT2D eigenvalue weighted by Gasteiger charge is -2.12. The van der Waals surface area contributed by atoms with Crippen LogP contribution in [0.1, 0.15) is 19.9 Å². The summed E-state index contributed by atoms with van der Waals surface area (Å²) in [5, 5.41) is 1.35. The molecule has 1 aromatic carbocycles. The minimum atomic E-state index is 0.514. The van der Waals surface area contributed by atoms with E-state index in [4.69, 9.17) is 0 Å². The van der Waals surface area contributed by atoms with Gasteiger partial charge in [-0.25, -0.2) is 0 Å². The Hall–Kier alpha value is -1.15. The summed E-state index contributed by atoms with van der Waals surface area (Å²) in [4.78, 5) is 0. The quantitative estimate of drug-likeness (QED) is 0.706. The zero-order valence-corrected chi connectivity index (χ0v) is 10.8. The first kappa shape index (κ1) is 11.3. The Morgan fingerprint density at radius 1 is 1.06 bits per heavy atom. The Morgan fingerprint density at radius 2 is 1.75 bits per heavy atom. The minimum Gasteiger partial charge on any atom is -0.340 e. The number of rotatable bonds is 3. The molecule has 1 heterocycles. The van der Waals surface area contributed by atoms with Crippen molar-refractivity contribution in [1.29, 1.82) is 0 Å². The van der Waals surface area contributed by atoms with Crippen LogP contribution in [0.4, 0.5) is 0 Å². The summed E-state index contributed by atoms with van der Waals surface area (Å²) in [5.41, 5.74) is 2.63. The number of thioether (sulfide) groups is 1. The van der Waals surface area contributed by atoms with E-state index < -0.39 is 0 Å². The van der Waals surface area contributed by atoms with Crippen molar-refractivity contribution in [3.05, 3.63) is 42.6 Å². The fourth-order valence-electron chi connectivity index (χ4n) is 1.89. The fourth-order valence-corrected chi connectivity index (χ4v) is 2.78. The van der Waals surface area contributed by atoms with Gasteiger partial charge in [-0.2, -0.15) is 0 Å². The maximum Gasteiger partial charge on any atom is 0.0827 e. The third-order valence-electron chi connectivity index (χ3n) is 2.70. The maximum absolute atomic E-state index is 2.33. The van der Waals surface area contributed by atoms with Gasteiger partial charge >= 0.3 is 0 Å². The highest BCUT2D eigenvalue weighted by atomic mass is 32.2. The summed E-state index contributed by atoms with van der Waals surface area (Å²) >= 11 is 1.81. The van der Waals surface area contributed by atoms with E-state index >= 15 is 0 Å². The molecular formula is C14H17NS. The predicted molar refractivity (Wildman–Crippen MR) is 72.0 cm³/mol. The van der Waals surface area contributed by atoms with Crippen molar-refractivity contribution in [3.63, 3.8) is 0 Å². The SMILES string of the molecule is CSc1c(-c2ccccc2)ccn1C(C)C. The van der Waals surface area contributed by atoms with Gasteiger partial charge in [-0.1, -0.05) is 30.3 Å². The Bertz CT molecular complexity index is 457. The van der Waals surface area contributed by atoms with Gasteiger partial charge in [0.15, 0.2) is 0 Å². The molecule has 0 spiro atoms. The van der Waals surface area contributed by atoms with Gasteiger partial charge in [0.2, 0.25) is 0 Å². The molecule has 2 rings (SSSR count). The number of aromatic nitrogens is 1. The molecule has 0 unspecified atom stereocenters. The molecule has 1 aromatic heterocycles. The molecule has 2 heteroatoms. The molecule has 0 N–H and O–H groups in total. The smallest absolute Gasteiger partial charge is 0.0827 e. The van der Waals surface area contributed by atoms with Crippen LogP contribution in [0.15, 0.2) is 47.6 Å². The normalized spacial score (nSPS) is 11.0. The van der Waals surface area contributed by atoms with Crippen LogP contribution in [0, 0.1) is 0 Å². The molecule has 2 aromatic rings. The molecule has 0 bridgehead atoms. The number of benzene rings is 1. The lowest BCUT2D eigenvalue weighted by Crippen LogP contribution is -2.00. The average molecular weight is 231 g/mol. The second-order valence-corrected chi connectivity index (χ2v) is 4.90. The van der Waals surface area contributed by atoms with Crippen LogP contribution >= 0.6 is 11.8 Å². The Labute approximate surface area is 101 Å². The summed E-state index contributed by atoms with van der Waals surface area (Å²) in [5.74, 6) is 0. The third-order valence-corrected chi connectivity index (χ3v) is 3.52. The Kier molecular flexibility index (Phi) is 3.39. The first-order valence-corrected chi connectivity index (χ1v) is 6.76. The van der Waals surface area contributed by atoms with Crippen LogP contribution in [0.5, 0.6) is 0 Å². The zero-order chi connectivity index (χ0) is 11.5. The van der Waals surface area contributed by atoms with E-state index in [0.717, 1.165) is 0 Å². The summed E-state index contributed by atoms with van der Waals surface area (Å²) in [7, 11) is 0. The highest BCUT2D eigenvalue weighted by molar-refractivity contribution is 7.98. The Balaban J connectivity index is 2.50. The topological polar surface area (TPSA) is 4.93 Å². The maximum atomic E-state index is 2.33. The van der Waals surface area contributed by atoms with Crippen molar-refractivity contribution in [2.75, 3.05) is 6.26 Å². The van der Waals surface area contributed by atoms with Gasteiger partial charge in [0, 0.05) is 17.8 Å². The van der Waals surface area contributed by atoms with Gasteiger partial charge in [-0.05, 0) is 31.7 Å². The second-order valence-electron chi connectivity index (χ2n) is 4.11. The van der Waals surface area contributed by atoms with E-state index in [2.05, 4.69) is 67.3 Å². The van der Waals surface area contributed by atoms with Crippen molar-refractivity contribution in [1.82, 2.24) is 4.57 Å². The molecule has 1 nitrogen and oxygen atoms in total. The molecule has 0 saturated heterocycles. The molecule has 0 amide bonds. The van der Waals surface area contributed by atoms with E-state index in [0.29, 0.717) is 6.04 Å². The van der Waals surface area contributed by atoms with Gasteiger partial charge in [-0.3, -0.25) is 0 Å². The van der Waals surface area contributed by atoms with Crippen LogP contribution in [0.3, 0.4) is 0 Å². The van der Waals surface area contributed by atoms with Gasteiger partial charge in [0.1, 0.15) is 0 Å². The molecule has 84 valence electrons. The second kappa shape index (κ2) is 4.79. The van der Waals surface area contributed by atoms with Crippen LogP contribution in [-0.2, 0) is 0 Å². The lowest BCUT2D eigenvalue weighted by atomic mass is 10.1. The van der Waals surface area contributed by atoms with E-state index in [9.17, 15) is 0 Å². The van der Waals surface area contributed by atoms with Crippen LogP contribution in [0.25, 0.3) is 11.1 Å². The minimum absolute atomic E-state index is 0.514. The summed E-state index contributed by atoms with van der Waals surface area (Å²) in [6, 6.07) is 13.3. The van der Waals surface area contributed by atoms with E-state index in [-0.39, 0.29) is 0 Å². The molecule has 0 atom stereocenters. The van der Waals surface area contributed by atoms with Crippen molar-refractivity contribution in [3.8, 4) is 11.1 Å². The number of hydrogen-bond donors (Lipinski definition) is 0. The van der Waals surface area contributed by atoms with Crippen LogP contribution < -0.4 is 0 Å². The molecular weight excluding hydrogens is 214 g/mol. The molecule has 0 aliphatic rings. The number of hydrogen-bond acceptors (Lipinski definition) is 1. The molecule has 0 aliphatic carbocycles. The largest absolute Gasteiger partial charge is 0.340 e. The number of nitrogens with zero attached hydrogens (tertiary/aromatic N) is 1. The first-order valence-electron chi connectivity index (χ1n) is 5.54. The van der Waals surface area contributed by atoms with Crippen molar-refractivity contribution in [2.24, 2.45) is 0 Å². The molecule has 0 saturated carbocycles. The highest BCUT2D eigenvalue weighted by Crippen LogP contribution is 2.33. The van der Waals surface area contributed by atoms with Gasteiger partial charge < -0.3 is 4.57 Å². The van der Waals surface area contributed by atoms with Gasteiger partial charge in [0.05, 0.1) is 5.03 Å². The zero-order valence-electron chi connectivity index (χ0n) is 9.97. The summed E-state index contributed by atoms with van der Waals surface area (Å²) in [6.07, 6.45) is 4.32. The van der Waals surface area contributed by atoms with Gasteiger partial charge in [0.25, 0.3) is 0 Å². The standard InChI is InChI=1S/C14H17NS/c1-11(2)15-10-9-13(14(15)16-3)12-7-5-4-6-8-12/h4-11H,1-3H3. The average Bonchev–Trinajstić information content (AvgIpc) is 2.73. The van der Waals surface area contributed by atoms with Crippen molar-refractivity contribution in [2.45, 2.75) is 24.9 Å².